The molecule has 0 atom stereocenters. The fourth-order valence-corrected chi connectivity index (χ4v) is 1.14. The number of benzene rings is 1. The maximum atomic E-state index is 12.2. The van der Waals surface area contributed by atoms with Gasteiger partial charge in [-0.15, -0.1) is 0 Å². The predicted molar refractivity (Wildman–Crippen MR) is 41.1 cm³/mol. The van der Waals surface area contributed by atoms with Gasteiger partial charge in [-0.25, -0.2) is 8.78 Å². The molecule has 5 heteroatoms. The lowest BCUT2D eigenvalue weighted by molar-refractivity contribution is -0.138. The van der Waals surface area contributed by atoms with E-state index in [1.54, 1.807) is 0 Å². The monoisotopic (exact) mass is 210 g/mol. The molecule has 0 aliphatic heterocycles. The van der Waals surface area contributed by atoms with Crippen molar-refractivity contribution in [1.29, 1.82) is 0 Å². The smallest absolute Gasteiger partial charge is 0.205 e. The molecule has 1 aromatic carbocycles. The largest absolute Gasteiger partial charge is 0.416 e. The van der Waals surface area contributed by atoms with Gasteiger partial charge in [-0.2, -0.15) is 13.2 Å². The highest BCUT2D eigenvalue weighted by atomic mass is 19.4. The predicted octanol–water partition coefficient (Wildman–Crippen LogP) is 3.95. The lowest BCUT2D eigenvalue weighted by Gasteiger charge is -2.11. The third kappa shape index (κ3) is 2.21. The first-order chi connectivity index (χ1) is 6.32. The van der Waals surface area contributed by atoms with Crippen molar-refractivity contribution in [3.05, 3.63) is 34.9 Å². The summed E-state index contributed by atoms with van der Waals surface area (Å²) in [5.74, 6) is 0. The highest BCUT2D eigenvalue weighted by Crippen LogP contribution is 2.33. The molecule has 0 nitrogen and oxygen atoms in total. The minimum absolute atomic E-state index is 0.185. The third-order valence-corrected chi connectivity index (χ3v) is 1.81. The molecule has 14 heavy (non-hydrogen) atoms. The topological polar surface area (TPSA) is 0 Å². The van der Waals surface area contributed by atoms with Gasteiger partial charge in [0.25, 0.3) is 6.43 Å². The van der Waals surface area contributed by atoms with Gasteiger partial charge in [-0.1, -0.05) is 6.07 Å². The highest BCUT2D eigenvalue weighted by molar-refractivity contribution is 5.33. The van der Waals surface area contributed by atoms with E-state index in [1.165, 1.54) is 0 Å². The summed E-state index contributed by atoms with van der Waals surface area (Å²) in [4.78, 5) is 0. The second-order valence-electron chi connectivity index (χ2n) is 2.87. The molecule has 0 bridgehead atoms. The van der Waals surface area contributed by atoms with Crippen LogP contribution in [0.3, 0.4) is 0 Å². The Balaban J connectivity index is 3.15. The van der Waals surface area contributed by atoms with Gasteiger partial charge in [-0.3, -0.25) is 0 Å². The summed E-state index contributed by atoms with van der Waals surface area (Å²) in [5, 5.41) is 0. The average Bonchev–Trinajstić information content (AvgIpc) is 2.01. The Bertz CT molecular complexity index is 326. The molecule has 0 aliphatic rings. The zero-order valence-electron chi connectivity index (χ0n) is 7.20. The molecule has 0 spiro atoms. The summed E-state index contributed by atoms with van der Waals surface area (Å²) in [6.07, 6.45) is -7.22. The van der Waals surface area contributed by atoms with Gasteiger partial charge >= 0.3 is 6.18 Å². The fraction of sp³-hybridized carbons (Fsp3) is 0.333. The second-order valence-corrected chi connectivity index (χ2v) is 2.87. The average molecular weight is 210 g/mol. The molecule has 1 rings (SSSR count). The minimum atomic E-state index is -4.48. The van der Waals surface area contributed by atoms with Crippen molar-refractivity contribution < 1.29 is 22.0 Å². The Morgan fingerprint density at radius 1 is 1.14 bits per heavy atom. The van der Waals surface area contributed by atoms with Crippen LogP contribution in [0.15, 0.2) is 18.2 Å². The van der Waals surface area contributed by atoms with Crippen molar-refractivity contribution in [3.8, 4) is 0 Å². The molecule has 0 heterocycles. The molecule has 0 saturated carbocycles. The first-order valence-corrected chi connectivity index (χ1v) is 3.78. The van der Waals surface area contributed by atoms with Crippen molar-refractivity contribution >= 4 is 0 Å². The van der Waals surface area contributed by atoms with Gasteiger partial charge in [0.15, 0.2) is 0 Å². The van der Waals surface area contributed by atoms with E-state index in [0.29, 0.717) is 6.07 Å². The summed E-state index contributed by atoms with van der Waals surface area (Å²) in [6, 6.07) is 2.32. The first-order valence-electron chi connectivity index (χ1n) is 3.78. The zero-order valence-corrected chi connectivity index (χ0v) is 7.20. The summed E-state index contributed by atoms with van der Waals surface area (Å²) in [7, 11) is 0. The third-order valence-electron chi connectivity index (χ3n) is 1.81. The van der Waals surface area contributed by atoms with Crippen molar-refractivity contribution in [2.24, 2.45) is 0 Å². The molecule has 1 aromatic rings. The van der Waals surface area contributed by atoms with E-state index in [9.17, 15) is 22.0 Å². The van der Waals surface area contributed by atoms with Gasteiger partial charge in [0.1, 0.15) is 0 Å². The Morgan fingerprint density at radius 2 is 1.71 bits per heavy atom. The van der Waals surface area contributed by atoms with E-state index in [0.717, 1.165) is 19.1 Å². The van der Waals surface area contributed by atoms with Crippen LogP contribution in [0.25, 0.3) is 0 Å². The quantitative estimate of drug-likeness (QED) is 0.615. The van der Waals surface area contributed by atoms with Crippen LogP contribution in [-0.2, 0) is 6.18 Å². The SMILES string of the molecule is Cc1cc(C(F)F)ccc1C(F)(F)F. The molecule has 0 aromatic heterocycles. The molecule has 0 radical (unpaired) electrons. The number of halogens is 5. The van der Waals surface area contributed by atoms with E-state index in [2.05, 4.69) is 0 Å². The standard InChI is InChI=1S/C9H7F5/c1-5-4-6(8(10)11)2-3-7(5)9(12,13)14/h2-4,8H,1H3. The molecule has 0 aliphatic carbocycles. The van der Waals surface area contributed by atoms with Crippen LogP contribution in [0, 0.1) is 6.92 Å². The summed E-state index contributed by atoms with van der Waals surface area (Å²) >= 11 is 0. The number of rotatable bonds is 1. The summed E-state index contributed by atoms with van der Waals surface area (Å²) in [6.45, 7) is 1.16. The lowest BCUT2D eigenvalue weighted by atomic mass is 10.1. The van der Waals surface area contributed by atoms with Crippen LogP contribution in [0.5, 0.6) is 0 Å². The second kappa shape index (κ2) is 3.55. The van der Waals surface area contributed by atoms with E-state index >= 15 is 0 Å². The Morgan fingerprint density at radius 3 is 2.07 bits per heavy atom. The van der Waals surface area contributed by atoms with Crippen LogP contribution in [0.1, 0.15) is 23.1 Å². The molecular formula is C9H7F5. The van der Waals surface area contributed by atoms with Crippen molar-refractivity contribution in [1.82, 2.24) is 0 Å². The number of hydrogen-bond donors (Lipinski definition) is 0. The maximum Gasteiger partial charge on any atom is 0.416 e. The molecule has 0 unspecified atom stereocenters. The van der Waals surface area contributed by atoms with Gasteiger partial charge in [0.2, 0.25) is 0 Å². The normalized spacial score (nSPS) is 12.2. The minimum Gasteiger partial charge on any atom is -0.205 e. The highest BCUT2D eigenvalue weighted by Gasteiger charge is 2.32. The molecule has 0 N–H and O–H groups in total. The summed E-state index contributed by atoms with van der Waals surface area (Å²) in [5.41, 5.74) is -1.45. The van der Waals surface area contributed by atoms with Crippen LogP contribution in [0.4, 0.5) is 22.0 Å². The summed E-state index contributed by atoms with van der Waals surface area (Å²) < 4.78 is 60.8. The van der Waals surface area contributed by atoms with E-state index in [1.807, 2.05) is 0 Å². The molecule has 0 saturated heterocycles. The van der Waals surface area contributed by atoms with Gasteiger partial charge in [0.05, 0.1) is 5.56 Å². The molecular weight excluding hydrogens is 203 g/mol. The number of alkyl halides is 5. The molecule has 78 valence electrons. The van der Waals surface area contributed by atoms with Gasteiger partial charge in [0, 0.05) is 5.56 Å². The van der Waals surface area contributed by atoms with Gasteiger partial charge in [-0.05, 0) is 24.6 Å². The zero-order chi connectivity index (χ0) is 10.9. The van der Waals surface area contributed by atoms with Crippen LogP contribution in [-0.4, -0.2) is 0 Å². The van der Waals surface area contributed by atoms with Crippen LogP contribution >= 0.6 is 0 Å². The van der Waals surface area contributed by atoms with E-state index in [-0.39, 0.29) is 5.56 Å². The van der Waals surface area contributed by atoms with E-state index < -0.39 is 23.7 Å². The van der Waals surface area contributed by atoms with Crippen molar-refractivity contribution in [2.45, 2.75) is 19.5 Å². The lowest BCUT2D eigenvalue weighted by Crippen LogP contribution is -2.07. The number of hydrogen-bond acceptors (Lipinski definition) is 0. The Kier molecular flexibility index (Phi) is 2.78. The van der Waals surface area contributed by atoms with E-state index in [4.69, 9.17) is 0 Å². The Hall–Kier alpha value is -1.13. The maximum absolute atomic E-state index is 12.2. The molecule has 0 fully saturated rings. The van der Waals surface area contributed by atoms with Gasteiger partial charge < -0.3 is 0 Å². The first kappa shape index (κ1) is 10.9. The fourth-order valence-electron chi connectivity index (χ4n) is 1.14. The molecule has 0 amide bonds. The number of aryl methyl sites for hydroxylation is 1. The van der Waals surface area contributed by atoms with Crippen LogP contribution < -0.4 is 0 Å². The van der Waals surface area contributed by atoms with Crippen molar-refractivity contribution in [2.75, 3.05) is 0 Å². The Labute approximate surface area is 77.4 Å². The van der Waals surface area contributed by atoms with Crippen LogP contribution in [0.2, 0.25) is 0 Å². The van der Waals surface area contributed by atoms with Crippen molar-refractivity contribution in [3.63, 3.8) is 0 Å².